The molecule has 0 aliphatic carbocycles. The molecule has 1 aliphatic heterocycles. The normalized spacial score (nSPS) is 16.2. The van der Waals surface area contributed by atoms with Crippen LogP contribution in [0.3, 0.4) is 0 Å². The molecule has 0 amide bonds. The number of rotatable bonds is 8. The van der Waals surface area contributed by atoms with Crippen LogP contribution in [-0.4, -0.2) is 74.7 Å². The van der Waals surface area contributed by atoms with Crippen molar-refractivity contribution in [3.63, 3.8) is 0 Å². The summed E-state index contributed by atoms with van der Waals surface area (Å²) in [5, 5.41) is 7.52. The van der Waals surface area contributed by atoms with E-state index in [1.165, 1.54) is 18.7 Å². The molecule has 0 spiro atoms. The zero-order chi connectivity index (χ0) is 17.9. The Balaban J connectivity index is 0.00000338. The first-order chi connectivity index (χ1) is 12.2. The lowest BCUT2D eigenvalue weighted by Gasteiger charge is -2.33. The fourth-order valence-electron chi connectivity index (χ4n) is 2.99. The molecule has 0 unspecified atom stereocenters. The van der Waals surface area contributed by atoms with Gasteiger partial charge in [0.15, 0.2) is 5.96 Å². The first kappa shape index (κ1) is 23.5. The Kier molecular flexibility index (Phi) is 12.3. The number of piperazine rings is 1. The fraction of sp³-hybridized carbons (Fsp3) is 0.632. The van der Waals surface area contributed by atoms with E-state index in [0.29, 0.717) is 0 Å². The van der Waals surface area contributed by atoms with Gasteiger partial charge in [-0.3, -0.25) is 9.89 Å². The van der Waals surface area contributed by atoms with Crippen LogP contribution in [0.15, 0.2) is 29.3 Å². The lowest BCUT2D eigenvalue weighted by atomic mass is 10.1. The average molecular weight is 494 g/mol. The molecule has 0 atom stereocenters. The van der Waals surface area contributed by atoms with Crippen molar-refractivity contribution in [1.82, 2.24) is 20.4 Å². The highest BCUT2D eigenvalue weighted by Crippen LogP contribution is 2.10. The minimum atomic E-state index is 0. The van der Waals surface area contributed by atoms with Crippen LogP contribution in [0, 0.1) is 0 Å². The van der Waals surface area contributed by atoms with Gasteiger partial charge >= 0.3 is 0 Å². The average Bonchev–Trinajstić information content (AvgIpc) is 2.62. The summed E-state index contributed by atoms with van der Waals surface area (Å²) < 4.78 is 0. The van der Waals surface area contributed by atoms with E-state index in [0.717, 1.165) is 63.2 Å². The Morgan fingerprint density at radius 1 is 1.12 bits per heavy atom. The van der Waals surface area contributed by atoms with Gasteiger partial charge in [0.05, 0.1) is 6.54 Å². The van der Waals surface area contributed by atoms with Gasteiger partial charge in [-0.2, -0.15) is 0 Å². The second-order valence-electron chi connectivity index (χ2n) is 6.34. The maximum absolute atomic E-state index is 6.03. The number of halogens is 2. The van der Waals surface area contributed by atoms with Crippen molar-refractivity contribution in [3.8, 4) is 0 Å². The molecular weight excluding hydrogens is 461 g/mol. The Hall–Kier alpha value is -0.570. The summed E-state index contributed by atoms with van der Waals surface area (Å²) in [4.78, 5) is 9.71. The first-order valence-electron chi connectivity index (χ1n) is 9.42. The molecule has 26 heavy (non-hydrogen) atoms. The van der Waals surface area contributed by atoms with Gasteiger partial charge in [-0.25, -0.2) is 0 Å². The van der Waals surface area contributed by atoms with Crippen LogP contribution in [0.2, 0.25) is 5.02 Å². The van der Waals surface area contributed by atoms with E-state index in [9.17, 15) is 0 Å². The van der Waals surface area contributed by atoms with E-state index in [-0.39, 0.29) is 24.0 Å². The minimum absolute atomic E-state index is 0. The third-order valence-electron chi connectivity index (χ3n) is 4.54. The number of nitrogens with one attached hydrogen (secondary N) is 2. The number of aliphatic imine (C=N–C) groups is 1. The number of hydrogen-bond donors (Lipinski definition) is 2. The van der Waals surface area contributed by atoms with E-state index >= 15 is 0 Å². The van der Waals surface area contributed by atoms with E-state index in [2.05, 4.69) is 40.3 Å². The second-order valence-corrected chi connectivity index (χ2v) is 6.78. The van der Waals surface area contributed by atoms with E-state index in [4.69, 9.17) is 16.6 Å². The zero-order valence-corrected chi connectivity index (χ0v) is 19.1. The molecule has 1 aromatic rings. The quantitative estimate of drug-likeness (QED) is 0.332. The third-order valence-corrected chi connectivity index (χ3v) is 4.77. The van der Waals surface area contributed by atoms with Crippen LogP contribution in [-0.2, 0) is 6.42 Å². The van der Waals surface area contributed by atoms with Crippen LogP contribution in [0.4, 0.5) is 0 Å². The van der Waals surface area contributed by atoms with Gasteiger partial charge in [-0.05, 0) is 37.6 Å². The largest absolute Gasteiger partial charge is 0.357 e. The summed E-state index contributed by atoms with van der Waals surface area (Å²) >= 11 is 6.03. The van der Waals surface area contributed by atoms with Gasteiger partial charge in [0.25, 0.3) is 0 Å². The summed E-state index contributed by atoms with van der Waals surface area (Å²) in [6, 6.07) is 8.02. The SMILES string of the molecule is CCNC(=NCCN1CCN(CC)CC1)NCCc1cccc(Cl)c1.I. The van der Waals surface area contributed by atoms with Crippen LogP contribution < -0.4 is 10.6 Å². The lowest BCUT2D eigenvalue weighted by Crippen LogP contribution is -2.47. The smallest absolute Gasteiger partial charge is 0.191 e. The summed E-state index contributed by atoms with van der Waals surface area (Å²) in [6.07, 6.45) is 0.934. The molecule has 1 saturated heterocycles. The van der Waals surface area contributed by atoms with Crippen molar-refractivity contribution in [1.29, 1.82) is 0 Å². The summed E-state index contributed by atoms with van der Waals surface area (Å²) in [7, 11) is 0. The highest BCUT2D eigenvalue weighted by atomic mass is 127. The van der Waals surface area contributed by atoms with E-state index in [1.54, 1.807) is 0 Å². The highest BCUT2D eigenvalue weighted by Gasteiger charge is 2.14. The molecule has 0 radical (unpaired) electrons. The molecule has 0 saturated carbocycles. The van der Waals surface area contributed by atoms with Gasteiger partial charge in [-0.1, -0.05) is 30.7 Å². The minimum Gasteiger partial charge on any atom is -0.357 e. The molecule has 0 aromatic heterocycles. The maximum Gasteiger partial charge on any atom is 0.191 e. The van der Waals surface area contributed by atoms with Crippen LogP contribution in [0.5, 0.6) is 0 Å². The molecule has 1 aliphatic rings. The molecule has 1 heterocycles. The lowest BCUT2D eigenvalue weighted by molar-refractivity contribution is 0.140. The number of nitrogens with zero attached hydrogens (tertiary/aromatic N) is 3. The Bertz CT molecular complexity index is 532. The molecule has 1 fully saturated rings. The summed E-state index contributed by atoms with van der Waals surface area (Å²) in [6.45, 7) is 13.7. The monoisotopic (exact) mass is 493 g/mol. The van der Waals surface area contributed by atoms with Gasteiger partial charge in [0, 0.05) is 50.8 Å². The number of guanidine groups is 1. The Labute approximate surface area is 180 Å². The van der Waals surface area contributed by atoms with Gasteiger partial charge in [-0.15, -0.1) is 24.0 Å². The molecule has 7 heteroatoms. The molecular formula is C19H33ClIN5. The molecule has 2 rings (SSSR count). The van der Waals surface area contributed by atoms with Crippen LogP contribution in [0.25, 0.3) is 0 Å². The molecule has 0 bridgehead atoms. The number of hydrogen-bond acceptors (Lipinski definition) is 3. The van der Waals surface area contributed by atoms with Crippen molar-refractivity contribution >= 4 is 41.5 Å². The zero-order valence-electron chi connectivity index (χ0n) is 16.0. The fourth-order valence-corrected chi connectivity index (χ4v) is 3.20. The predicted octanol–water partition coefficient (Wildman–Crippen LogP) is 2.69. The van der Waals surface area contributed by atoms with Crippen LogP contribution in [0.1, 0.15) is 19.4 Å². The highest BCUT2D eigenvalue weighted by molar-refractivity contribution is 14.0. The second kappa shape index (κ2) is 13.6. The molecule has 2 N–H and O–H groups in total. The maximum atomic E-state index is 6.03. The first-order valence-corrected chi connectivity index (χ1v) is 9.80. The standard InChI is InChI=1S/C19H32ClN5.HI/c1-3-21-19(22-9-8-17-6-5-7-18(20)16-17)23-10-11-25-14-12-24(4-2)13-15-25;/h5-7,16H,3-4,8-15H2,1-2H3,(H2,21,22,23);1H. The van der Waals surface area contributed by atoms with E-state index < -0.39 is 0 Å². The number of benzene rings is 1. The van der Waals surface area contributed by atoms with Gasteiger partial charge < -0.3 is 15.5 Å². The Morgan fingerprint density at radius 2 is 1.85 bits per heavy atom. The van der Waals surface area contributed by atoms with Crippen molar-refractivity contribution in [2.45, 2.75) is 20.3 Å². The Morgan fingerprint density at radius 3 is 2.50 bits per heavy atom. The van der Waals surface area contributed by atoms with Crippen molar-refractivity contribution in [2.75, 3.05) is 58.9 Å². The topological polar surface area (TPSA) is 42.9 Å². The summed E-state index contributed by atoms with van der Waals surface area (Å²) in [5.74, 6) is 0.900. The summed E-state index contributed by atoms with van der Waals surface area (Å²) in [5.41, 5.74) is 1.24. The van der Waals surface area contributed by atoms with Crippen molar-refractivity contribution in [2.24, 2.45) is 4.99 Å². The van der Waals surface area contributed by atoms with Crippen molar-refractivity contribution < 1.29 is 0 Å². The van der Waals surface area contributed by atoms with Crippen LogP contribution >= 0.6 is 35.6 Å². The van der Waals surface area contributed by atoms with Crippen molar-refractivity contribution in [3.05, 3.63) is 34.9 Å². The molecule has 148 valence electrons. The van der Waals surface area contributed by atoms with Gasteiger partial charge in [0.1, 0.15) is 0 Å². The molecule has 5 nitrogen and oxygen atoms in total. The third kappa shape index (κ3) is 8.88. The predicted molar refractivity (Wildman–Crippen MR) is 123 cm³/mol. The van der Waals surface area contributed by atoms with Gasteiger partial charge in [0.2, 0.25) is 0 Å². The number of likely N-dealkylation sites (N-methyl/N-ethyl adjacent to an activating group) is 1. The molecule has 1 aromatic carbocycles. The van der Waals surface area contributed by atoms with E-state index in [1.807, 2.05) is 18.2 Å².